The van der Waals surface area contributed by atoms with E-state index in [1.807, 2.05) is 0 Å². The number of aliphatic imine (C=N–C) groups is 1. The van der Waals surface area contributed by atoms with Crippen molar-refractivity contribution < 1.29 is 23.1 Å². The fourth-order valence-corrected chi connectivity index (χ4v) is 7.28. The quantitative estimate of drug-likeness (QED) is 0.734. The first kappa shape index (κ1) is 20.4. The maximum absolute atomic E-state index is 12.1. The van der Waals surface area contributed by atoms with Crippen molar-refractivity contribution in [2.45, 2.75) is 30.6 Å². The Hall–Kier alpha value is -1.29. The van der Waals surface area contributed by atoms with Gasteiger partial charge in [0.1, 0.15) is 0 Å². The highest BCUT2D eigenvalue weighted by atomic mass is 35.5. The lowest BCUT2D eigenvalue weighted by molar-refractivity contribution is -0.137. The van der Waals surface area contributed by atoms with E-state index in [2.05, 4.69) is 4.99 Å². The minimum absolute atomic E-state index is 0.0131. The second kappa shape index (κ2) is 7.98. The minimum Gasteiger partial charge on any atom is -0.481 e. The van der Waals surface area contributed by atoms with E-state index in [1.54, 1.807) is 23.1 Å². The van der Waals surface area contributed by atoms with Crippen molar-refractivity contribution in [2.75, 3.05) is 16.4 Å². The highest BCUT2D eigenvalue weighted by molar-refractivity contribution is 8.16. The molecular weight excluding hydrogens is 435 g/mol. The van der Waals surface area contributed by atoms with Crippen molar-refractivity contribution in [3.05, 3.63) is 28.2 Å². The molecule has 2 saturated heterocycles. The molecule has 1 aromatic rings. The summed E-state index contributed by atoms with van der Waals surface area (Å²) in [6.07, 6.45) is 0.104. The van der Waals surface area contributed by atoms with E-state index < -0.39 is 21.7 Å². The lowest BCUT2D eigenvalue weighted by Gasteiger charge is -2.24. The second-order valence-electron chi connectivity index (χ2n) is 6.30. The number of amides is 1. The topological polar surface area (TPSA) is 104 Å². The Morgan fingerprint density at radius 2 is 1.96 bits per heavy atom. The van der Waals surface area contributed by atoms with Crippen LogP contribution in [-0.2, 0) is 19.4 Å². The van der Waals surface area contributed by atoms with Gasteiger partial charge in [0.05, 0.1) is 27.6 Å². The second-order valence-corrected chi connectivity index (χ2v) is 10.5. The fraction of sp³-hybridized carbons (Fsp3) is 0.438. The Balaban J connectivity index is 1.88. The average Bonchev–Trinajstić information content (AvgIpc) is 3.00. The van der Waals surface area contributed by atoms with Crippen molar-refractivity contribution >= 4 is 67.5 Å². The number of carbonyl (C=O) groups is 2. The van der Waals surface area contributed by atoms with Crippen molar-refractivity contribution in [1.82, 2.24) is 0 Å². The van der Waals surface area contributed by atoms with Crippen LogP contribution < -0.4 is 4.90 Å². The van der Waals surface area contributed by atoms with Gasteiger partial charge < -0.3 is 10.0 Å². The molecule has 7 nitrogen and oxygen atoms in total. The lowest BCUT2D eigenvalue weighted by Crippen LogP contribution is -2.37. The number of aliphatic carboxylic acids is 1. The predicted molar refractivity (Wildman–Crippen MR) is 107 cm³/mol. The molecule has 0 bridgehead atoms. The number of carboxylic acid groups (broad SMARTS) is 1. The van der Waals surface area contributed by atoms with E-state index in [0.717, 1.165) is 0 Å². The maximum atomic E-state index is 12.1. The number of anilines is 1. The molecule has 11 heteroatoms. The zero-order valence-electron chi connectivity index (χ0n) is 14.0. The Morgan fingerprint density at radius 1 is 1.22 bits per heavy atom. The molecule has 0 spiro atoms. The normalized spacial score (nSPS) is 25.0. The van der Waals surface area contributed by atoms with E-state index in [-0.39, 0.29) is 42.1 Å². The van der Waals surface area contributed by atoms with Gasteiger partial charge in [0.2, 0.25) is 5.91 Å². The van der Waals surface area contributed by atoms with Crippen LogP contribution in [0.25, 0.3) is 0 Å². The zero-order chi connectivity index (χ0) is 19.8. The van der Waals surface area contributed by atoms with Crippen LogP contribution in [-0.4, -0.2) is 53.4 Å². The van der Waals surface area contributed by atoms with Crippen LogP contribution in [0.5, 0.6) is 0 Å². The number of hydrogen-bond acceptors (Lipinski definition) is 5. The molecule has 0 saturated carbocycles. The summed E-state index contributed by atoms with van der Waals surface area (Å²) >= 11 is 13.3. The molecule has 2 fully saturated rings. The van der Waals surface area contributed by atoms with Gasteiger partial charge in [0.15, 0.2) is 15.0 Å². The van der Waals surface area contributed by atoms with Crippen LogP contribution in [0.4, 0.5) is 5.69 Å². The summed E-state index contributed by atoms with van der Waals surface area (Å²) in [6.45, 7) is 0. The lowest BCUT2D eigenvalue weighted by atomic mass is 10.2. The van der Waals surface area contributed by atoms with Gasteiger partial charge in [-0.3, -0.25) is 9.59 Å². The first-order valence-electron chi connectivity index (χ1n) is 8.11. The minimum atomic E-state index is -3.17. The van der Waals surface area contributed by atoms with E-state index in [9.17, 15) is 18.0 Å². The van der Waals surface area contributed by atoms with Crippen molar-refractivity contribution in [3.63, 3.8) is 0 Å². The summed E-state index contributed by atoms with van der Waals surface area (Å²) in [4.78, 5) is 28.6. The molecule has 0 aromatic heterocycles. The van der Waals surface area contributed by atoms with Crippen molar-refractivity contribution in [1.29, 1.82) is 0 Å². The zero-order valence-corrected chi connectivity index (χ0v) is 17.1. The molecule has 2 aliphatic heterocycles. The molecular formula is C16H16Cl2N2O5S2. The number of benzene rings is 1. The fourth-order valence-electron chi connectivity index (χ4n) is 3.05. The number of amidine groups is 1. The molecule has 1 N–H and O–H groups in total. The van der Waals surface area contributed by atoms with Crippen molar-refractivity contribution in [3.8, 4) is 0 Å². The summed E-state index contributed by atoms with van der Waals surface area (Å²) in [6, 6.07) is 4.57. The van der Waals surface area contributed by atoms with Crippen LogP contribution >= 0.6 is 35.0 Å². The molecule has 1 aromatic carbocycles. The highest BCUT2D eigenvalue weighted by Crippen LogP contribution is 2.42. The van der Waals surface area contributed by atoms with Gasteiger partial charge in [-0.2, -0.15) is 4.99 Å². The van der Waals surface area contributed by atoms with Crippen LogP contribution in [0.3, 0.4) is 0 Å². The first-order chi connectivity index (χ1) is 12.7. The number of thioether (sulfide) groups is 1. The Morgan fingerprint density at radius 3 is 2.63 bits per heavy atom. The smallest absolute Gasteiger partial charge is 0.303 e. The third kappa shape index (κ3) is 4.77. The highest BCUT2D eigenvalue weighted by Gasteiger charge is 2.49. The number of carbonyl (C=O) groups excluding carboxylic acids is 1. The standard InChI is InChI=1S/C16H16Cl2N2O5S2/c17-10-5-4-9(6-11(10)18)20-12-7-27(24,25)8-13(12)26-16(20)19-14(21)2-1-3-15(22)23/h4-6,12-13H,1-3,7-8H2,(H,22,23)/t12-,13-/m1/s1. The first-order valence-corrected chi connectivity index (χ1v) is 11.6. The van der Waals surface area contributed by atoms with Gasteiger partial charge in [-0.15, -0.1) is 0 Å². The van der Waals surface area contributed by atoms with Crippen LogP contribution in [0.1, 0.15) is 19.3 Å². The van der Waals surface area contributed by atoms with E-state index in [1.165, 1.54) is 11.8 Å². The summed E-state index contributed by atoms with van der Waals surface area (Å²) in [7, 11) is -3.17. The third-order valence-corrected chi connectivity index (χ3v) is 8.20. The largest absolute Gasteiger partial charge is 0.481 e. The number of halogens is 2. The molecule has 2 aliphatic rings. The summed E-state index contributed by atoms with van der Waals surface area (Å²) in [5.74, 6) is -1.42. The summed E-state index contributed by atoms with van der Waals surface area (Å²) in [5, 5.41) is 9.52. The SMILES string of the molecule is O=C(O)CCCC(=O)N=C1S[C@@H]2CS(=O)(=O)C[C@H]2N1c1ccc(Cl)c(Cl)c1. The number of sulfone groups is 1. The van der Waals surface area contributed by atoms with E-state index >= 15 is 0 Å². The molecule has 3 rings (SSSR count). The molecule has 0 aliphatic carbocycles. The summed E-state index contributed by atoms with van der Waals surface area (Å²) in [5.41, 5.74) is 0.610. The molecule has 0 radical (unpaired) electrons. The van der Waals surface area contributed by atoms with Gasteiger partial charge in [-0.1, -0.05) is 35.0 Å². The summed E-state index contributed by atoms with van der Waals surface area (Å²) < 4.78 is 24.1. The van der Waals surface area contributed by atoms with E-state index in [4.69, 9.17) is 28.3 Å². The number of nitrogens with zero attached hydrogens (tertiary/aromatic N) is 2. The van der Waals surface area contributed by atoms with E-state index in [0.29, 0.717) is 20.9 Å². The third-order valence-electron chi connectivity index (χ3n) is 4.25. The van der Waals surface area contributed by atoms with Gasteiger partial charge in [-0.05, 0) is 24.6 Å². The number of rotatable bonds is 5. The molecule has 0 unspecified atom stereocenters. The van der Waals surface area contributed by atoms with Crippen LogP contribution in [0, 0.1) is 0 Å². The maximum Gasteiger partial charge on any atom is 0.303 e. The number of carboxylic acids is 1. The number of fused-ring (bicyclic) bond motifs is 1. The van der Waals surface area contributed by atoms with Gasteiger partial charge >= 0.3 is 5.97 Å². The monoisotopic (exact) mass is 450 g/mol. The molecule has 2 heterocycles. The average molecular weight is 451 g/mol. The molecule has 1 amide bonds. The van der Waals surface area contributed by atoms with Gasteiger partial charge in [0, 0.05) is 23.8 Å². The van der Waals surface area contributed by atoms with Gasteiger partial charge in [-0.25, -0.2) is 8.42 Å². The predicted octanol–water partition coefficient (Wildman–Crippen LogP) is 2.85. The molecule has 27 heavy (non-hydrogen) atoms. The van der Waals surface area contributed by atoms with Crippen LogP contribution in [0.2, 0.25) is 10.0 Å². The molecule has 146 valence electrons. The van der Waals surface area contributed by atoms with Crippen molar-refractivity contribution in [2.24, 2.45) is 4.99 Å². The number of hydrogen-bond donors (Lipinski definition) is 1. The van der Waals surface area contributed by atoms with Crippen LogP contribution in [0.15, 0.2) is 23.2 Å². The Labute approximate surface area is 170 Å². The molecule has 2 atom stereocenters. The Kier molecular flexibility index (Phi) is 6.05. The van der Waals surface area contributed by atoms with Gasteiger partial charge in [0.25, 0.3) is 0 Å². The Bertz CT molecular complexity index is 919.